The van der Waals surface area contributed by atoms with Crippen molar-refractivity contribution in [3.8, 4) is 0 Å². The first kappa shape index (κ1) is 7.73. The van der Waals surface area contributed by atoms with Gasteiger partial charge < -0.3 is 5.32 Å². The number of nitrogens with zero attached hydrogens (tertiary/aromatic N) is 1. The average molecular weight is 172 g/mol. The van der Waals surface area contributed by atoms with Gasteiger partial charge in [0, 0.05) is 11.9 Å². The van der Waals surface area contributed by atoms with Crippen LogP contribution < -0.4 is 5.32 Å². The third-order valence-electron chi connectivity index (χ3n) is 1.71. The van der Waals surface area contributed by atoms with Gasteiger partial charge in [-0.2, -0.15) is 0 Å². The van der Waals surface area contributed by atoms with Crippen molar-refractivity contribution >= 4 is 17.3 Å². The molecule has 0 aliphatic carbocycles. The molecule has 1 N–H and O–H groups in total. The highest BCUT2D eigenvalue weighted by molar-refractivity contribution is 6.48. The lowest BCUT2D eigenvalue weighted by Gasteiger charge is -2.06. The molecule has 0 unspecified atom stereocenters. The minimum Gasteiger partial charge on any atom is -0.321 e. The van der Waals surface area contributed by atoms with Crippen LogP contribution in [0.3, 0.4) is 0 Å². The molecule has 3 nitrogen and oxygen atoms in total. The normalized spacial score (nSPS) is 13.1. The number of carbonyl (C=O) groups excluding carboxylic acids is 1. The Kier molecular flexibility index (Phi) is 1.92. The molecular formula is C10H8N2O. The van der Waals surface area contributed by atoms with Crippen molar-refractivity contribution in [3.63, 3.8) is 0 Å². The van der Waals surface area contributed by atoms with Crippen LogP contribution in [0.1, 0.15) is 0 Å². The topological polar surface area (TPSA) is 41.5 Å². The Hall–Kier alpha value is -1.90. The summed E-state index contributed by atoms with van der Waals surface area (Å²) in [7, 11) is 0. The number of hydrogen-bond acceptors (Lipinski definition) is 2. The maximum atomic E-state index is 11.3. The standard InChI is InChI=1S/C10H8N2O/c13-10(9-6-7-11-9)12-8-4-2-1-3-5-8/h1-7H,(H,12,13). The van der Waals surface area contributed by atoms with E-state index < -0.39 is 0 Å². The molecule has 1 aliphatic rings. The first-order valence-corrected chi connectivity index (χ1v) is 3.97. The van der Waals surface area contributed by atoms with Gasteiger partial charge in [0.15, 0.2) is 0 Å². The lowest BCUT2D eigenvalue weighted by molar-refractivity contribution is -0.110. The van der Waals surface area contributed by atoms with E-state index in [1.807, 2.05) is 30.3 Å². The summed E-state index contributed by atoms with van der Waals surface area (Å²) in [4.78, 5) is 15.1. The van der Waals surface area contributed by atoms with Crippen LogP contribution in [0, 0.1) is 0 Å². The summed E-state index contributed by atoms with van der Waals surface area (Å²) in [6.07, 6.45) is 3.28. The Labute approximate surface area is 75.8 Å². The Morgan fingerprint density at radius 1 is 1.23 bits per heavy atom. The fourth-order valence-corrected chi connectivity index (χ4v) is 1.00. The van der Waals surface area contributed by atoms with Crippen LogP contribution in [0.2, 0.25) is 0 Å². The molecule has 1 amide bonds. The molecule has 0 saturated carbocycles. The molecule has 1 heterocycles. The van der Waals surface area contributed by atoms with Gasteiger partial charge in [-0.05, 0) is 18.2 Å². The second kappa shape index (κ2) is 3.23. The number of benzene rings is 1. The van der Waals surface area contributed by atoms with Crippen molar-refractivity contribution in [2.24, 2.45) is 4.99 Å². The van der Waals surface area contributed by atoms with Gasteiger partial charge in [0.05, 0.1) is 0 Å². The summed E-state index contributed by atoms with van der Waals surface area (Å²) in [6, 6.07) is 9.31. The van der Waals surface area contributed by atoms with E-state index in [9.17, 15) is 4.79 Å². The van der Waals surface area contributed by atoms with E-state index in [1.165, 1.54) is 0 Å². The molecule has 0 aromatic heterocycles. The molecule has 0 atom stereocenters. The molecule has 0 saturated heterocycles. The molecule has 0 spiro atoms. The van der Waals surface area contributed by atoms with E-state index in [0.29, 0.717) is 5.71 Å². The molecule has 3 heteroatoms. The minimum atomic E-state index is -0.159. The molecule has 2 rings (SSSR count). The van der Waals surface area contributed by atoms with Crippen LogP contribution in [-0.4, -0.2) is 11.6 Å². The first-order valence-electron chi connectivity index (χ1n) is 3.97. The van der Waals surface area contributed by atoms with Crippen molar-refractivity contribution < 1.29 is 4.79 Å². The highest BCUT2D eigenvalue weighted by Gasteiger charge is 2.11. The van der Waals surface area contributed by atoms with Crippen LogP contribution in [0.25, 0.3) is 0 Å². The summed E-state index contributed by atoms with van der Waals surface area (Å²) in [5.41, 5.74) is 1.26. The third kappa shape index (κ3) is 1.64. The predicted octanol–water partition coefficient (Wildman–Crippen LogP) is 1.59. The van der Waals surface area contributed by atoms with Crippen LogP contribution in [0.15, 0.2) is 47.6 Å². The maximum absolute atomic E-state index is 11.3. The van der Waals surface area contributed by atoms with Crippen molar-refractivity contribution in [1.29, 1.82) is 0 Å². The van der Waals surface area contributed by atoms with Gasteiger partial charge in [-0.1, -0.05) is 18.2 Å². The van der Waals surface area contributed by atoms with E-state index in [-0.39, 0.29) is 5.91 Å². The Morgan fingerprint density at radius 3 is 2.46 bits per heavy atom. The fourth-order valence-electron chi connectivity index (χ4n) is 1.00. The van der Waals surface area contributed by atoms with Crippen LogP contribution in [0.5, 0.6) is 0 Å². The van der Waals surface area contributed by atoms with Crippen LogP contribution >= 0.6 is 0 Å². The van der Waals surface area contributed by atoms with Gasteiger partial charge in [-0.25, -0.2) is 0 Å². The van der Waals surface area contributed by atoms with E-state index in [1.54, 1.807) is 12.3 Å². The third-order valence-corrected chi connectivity index (χ3v) is 1.71. The number of aliphatic imine (C=N–C) groups is 1. The summed E-state index contributed by atoms with van der Waals surface area (Å²) < 4.78 is 0. The second-order valence-corrected chi connectivity index (χ2v) is 2.65. The van der Waals surface area contributed by atoms with Gasteiger partial charge >= 0.3 is 0 Å². The van der Waals surface area contributed by atoms with E-state index in [4.69, 9.17) is 0 Å². The smallest absolute Gasteiger partial charge is 0.274 e. The Bertz CT molecular complexity index is 379. The highest BCUT2D eigenvalue weighted by atomic mass is 16.1. The van der Waals surface area contributed by atoms with Gasteiger partial charge in [0.1, 0.15) is 5.71 Å². The zero-order chi connectivity index (χ0) is 9.10. The van der Waals surface area contributed by atoms with Crippen LogP contribution in [-0.2, 0) is 4.79 Å². The van der Waals surface area contributed by atoms with Crippen molar-refractivity contribution in [2.45, 2.75) is 0 Å². The summed E-state index contributed by atoms with van der Waals surface area (Å²) in [5.74, 6) is -0.159. The van der Waals surface area contributed by atoms with Crippen molar-refractivity contribution in [2.75, 3.05) is 5.32 Å². The lowest BCUT2D eigenvalue weighted by atomic mass is 10.2. The van der Waals surface area contributed by atoms with Crippen LogP contribution in [0.4, 0.5) is 5.69 Å². The summed E-state index contributed by atoms with van der Waals surface area (Å²) in [6.45, 7) is 0. The molecule has 0 fully saturated rings. The quantitative estimate of drug-likeness (QED) is 0.723. The molecular weight excluding hydrogens is 164 g/mol. The predicted molar refractivity (Wildman–Crippen MR) is 51.6 cm³/mol. The molecule has 1 aromatic rings. The Morgan fingerprint density at radius 2 is 1.92 bits per heavy atom. The summed E-state index contributed by atoms with van der Waals surface area (Å²) in [5, 5.41) is 2.72. The molecule has 1 aromatic carbocycles. The minimum absolute atomic E-state index is 0.159. The molecule has 1 aliphatic heterocycles. The van der Waals surface area contributed by atoms with Gasteiger partial charge in [0.2, 0.25) is 0 Å². The van der Waals surface area contributed by atoms with Gasteiger partial charge in [-0.15, -0.1) is 0 Å². The van der Waals surface area contributed by atoms with Gasteiger partial charge in [-0.3, -0.25) is 9.79 Å². The van der Waals surface area contributed by atoms with Crippen molar-refractivity contribution in [1.82, 2.24) is 0 Å². The number of carbonyl (C=O) groups is 1. The second-order valence-electron chi connectivity index (χ2n) is 2.65. The number of rotatable bonds is 2. The summed E-state index contributed by atoms with van der Waals surface area (Å²) >= 11 is 0. The molecule has 13 heavy (non-hydrogen) atoms. The number of para-hydroxylation sites is 1. The van der Waals surface area contributed by atoms with E-state index >= 15 is 0 Å². The van der Waals surface area contributed by atoms with E-state index in [0.717, 1.165) is 5.69 Å². The molecule has 0 bridgehead atoms. The van der Waals surface area contributed by atoms with E-state index in [2.05, 4.69) is 10.3 Å². The SMILES string of the molecule is O=C(Nc1ccccc1)C1=NC=C1. The largest absolute Gasteiger partial charge is 0.321 e. The molecule has 0 radical (unpaired) electrons. The monoisotopic (exact) mass is 172 g/mol. The number of hydrogen-bond donors (Lipinski definition) is 1. The fraction of sp³-hybridized carbons (Fsp3) is 0. The number of nitrogens with one attached hydrogen (secondary N) is 1. The number of anilines is 1. The first-order chi connectivity index (χ1) is 6.36. The molecule has 64 valence electrons. The Balaban J connectivity index is 2.02. The van der Waals surface area contributed by atoms with Crippen molar-refractivity contribution in [3.05, 3.63) is 42.6 Å². The van der Waals surface area contributed by atoms with Gasteiger partial charge in [0.25, 0.3) is 5.91 Å². The zero-order valence-electron chi connectivity index (χ0n) is 6.90. The maximum Gasteiger partial charge on any atom is 0.274 e. The lowest BCUT2D eigenvalue weighted by Crippen LogP contribution is -2.23. The number of amides is 1. The zero-order valence-corrected chi connectivity index (χ0v) is 6.90. The highest BCUT2D eigenvalue weighted by Crippen LogP contribution is 2.06. The average Bonchev–Trinajstić information content (AvgIpc) is 2.02.